The molecule has 2 heterocycles. The molecule has 15 heteroatoms. The van der Waals surface area contributed by atoms with Gasteiger partial charge in [0.15, 0.2) is 11.7 Å². The molecule has 2 aliphatic heterocycles. The molecule has 0 radical (unpaired) electrons. The molecule has 2 rings (SSSR count). The monoisotopic (exact) mass is 687 g/mol. The van der Waals surface area contributed by atoms with Gasteiger partial charge in [0.2, 0.25) is 0 Å². The van der Waals surface area contributed by atoms with Gasteiger partial charge in [-0.3, -0.25) is 15.1 Å². The Morgan fingerprint density at radius 3 is 2.29 bits per heavy atom. The van der Waals surface area contributed by atoms with E-state index in [1.807, 2.05) is 27.7 Å². The fraction of sp³-hybridized carbons (Fsp3) is 0.879. The van der Waals surface area contributed by atoms with E-state index in [0.29, 0.717) is 13.0 Å². The number of esters is 1. The lowest BCUT2D eigenvalue weighted by molar-refractivity contribution is -0.359. The number of alkyl carbamates (subject to hydrolysis) is 1. The third kappa shape index (κ3) is 10.6. The fourth-order valence-electron chi connectivity index (χ4n) is 7.10. The molecular formula is C33H61N5O10. The molecule has 0 spiro atoms. The van der Waals surface area contributed by atoms with Gasteiger partial charge in [-0.2, -0.15) is 0 Å². The second kappa shape index (κ2) is 17.3. The van der Waals surface area contributed by atoms with Gasteiger partial charge in [-0.25, -0.2) is 9.59 Å². The maximum atomic E-state index is 13.9. The Morgan fingerprint density at radius 2 is 1.71 bits per heavy atom. The van der Waals surface area contributed by atoms with Crippen molar-refractivity contribution in [1.82, 2.24) is 16.0 Å². The first-order chi connectivity index (χ1) is 22.2. The zero-order valence-corrected chi connectivity index (χ0v) is 30.6. The van der Waals surface area contributed by atoms with Crippen molar-refractivity contribution in [3.8, 4) is 0 Å². The van der Waals surface area contributed by atoms with Crippen molar-refractivity contribution in [3.63, 3.8) is 0 Å². The fourth-order valence-corrected chi connectivity index (χ4v) is 7.10. The largest absolute Gasteiger partial charge is 0.459 e. The van der Waals surface area contributed by atoms with Gasteiger partial charge in [-0.1, -0.05) is 34.6 Å². The molecule has 278 valence electrons. The maximum absolute atomic E-state index is 13.9. The molecular weight excluding hydrogens is 626 g/mol. The van der Waals surface area contributed by atoms with Gasteiger partial charge in [-0.15, -0.1) is 0 Å². The van der Waals surface area contributed by atoms with Crippen molar-refractivity contribution >= 4 is 24.1 Å². The molecule has 0 aliphatic carbocycles. The molecule has 11 atom stereocenters. The Labute approximate surface area is 285 Å². The van der Waals surface area contributed by atoms with Gasteiger partial charge >= 0.3 is 18.1 Å². The van der Waals surface area contributed by atoms with Crippen LogP contribution in [0.3, 0.4) is 0 Å². The van der Waals surface area contributed by atoms with E-state index in [9.17, 15) is 24.6 Å². The average molecular weight is 688 g/mol. The van der Waals surface area contributed by atoms with Crippen LogP contribution < -0.4 is 21.7 Å². The highest BCUT2D eigenvalue weighted by Gasteiger charge is 2.55. The molecule has 2 bridgehead atoms. The molecule has 48 heavy (non-hydrogen) atoms. The topological polar surface area (TPSA) is 212 Å². The lowest BCUT2D eigenvalue weighted by atomic mass is 9.72. The summed E-state index contributed by atoms with van der Waals surface area (Å²) in [5.41, 5.74) is 2.59. The van der Waals surface area contributed by atoms with E-state index in [-0.39, 0.29) is 43.7 Å². The number of urea groups is 1. The standard InChI is InChI=1S/C33H61N5O10/c1-12-16-44-25-20(5)24(46-30(41)37-15-14-36-28(34)38-29(40)35-11)21(6)27(39)45-22(13-2)33(10,43)26-19(4)23(47-31(7,8)48-26)18(3)17-32(25,9)42/h18-26,42-43H,12-17H2,1-11H3,(H,37,41)(H4,34,35,36,38,40)/t18-,19+,20+,21-,22-,23+,24+,25-,26-,32-,33-/m1/s1. The molecule has 0 saturated carbocycles. The summed E-state index contributed by atoms with van der Waals surface area (Å²) in [6.45, 7) is 18.2. The average Bonchev–Trinajstić information content (AvgIpc) is 3.00. The highest BCUT2D eigenvalue weighted by molar-refractivity contribution is 5.95. The molecule has 7 N–H and O–H groups in total. The highest BCUT2D eigenvalue weighted by atomic mass is 16.7. The normalized spacial score (nSPS) is 37.8. The quantitative estimate of drug-likeness (QED) is 0.0944. The van der Waals surface area contributed by atoms with Crippen molar-refractivity contribution in [3.05, 3.63) is 0 Å². The second-order valence-electron chi connectivity index (χ2n) is 14.2. The predicted molar refractivity (Wildman–Crippen MR) is 179 cm³/mol. The number of amides is 3. The summed E-state index contributed by atoms with van der Waals surface area (Å²) in [6.07, 6.45) is -3.79. The predicted octanol–water partition coefficient (Wildman–Crippen LogP) is 2.41. The van der Waals surface area contributed by atoms with Crippen molar-refractivity contribution in [1.29, 1.82) is 0 Å². The van der Waals surface area contributed by atoms with Gasteiger partial charge < -0.3 is 50.3 Å². The van der Waals surface area contributed by atoms with Crippen LogP contribution in [0, 0.1) is 23.7 Å². The van der Waals surface area contributed by atoms with Crippen molar-refractivity contribution in [2.75, 3.05) is 26.7 Å². The summed E-state index contributed by atoms with van der Waals surface area (Å²) in [6, 6.07) is -0.536. The number of nitrogens with two attached hydrogens (primary N) is 1. The molecule has 2 saturated heterocycles. The minimum atomic E-state index is -1.61. The van der Waals surface area contributed by atoms with E-state index in [1.165, 1.54) is 7.05 Å². The third-order valence-electron chi connectivity index (χ3n) is 9.33. The van der Waals surface area contributed by atoms with Gasteiger partial charge in [-0.05, 0) is 59.8 Å². The smallest absolute Gasteiger partial charge is 0.407 e. The lowest BCUT2D eigenvalue weighted by Crippen LogP contribution is -2.64. The molecule has 15 nitrogen and oxygen atoms in total. The Morgan fingerprint density at radius 1 is 1.06 bits per heavy atom. The number of nitrogens with zero attached hydrogens (tertiary/aromatic N) is 1. The first kappa shape index (κ1) is 41.5. The van der Waals surface area contributed by atoms with Crippen molar-refractivity contribution < 1.29 is 48.3 Å². The van der Waals surface area contributed by atoms with Crippen LogP contribution in [0.25, 0.3) is 0 Å². The van der Waals surface area contributed by atoms with Crippen LogP contribution in [0.15, 0.2) is 4.99 Å². The van der Waals surface area contributed by atoms with E-state index in [1.54, 1.807) is 41.5 Å². The lowest BCUT2D eigenvalue weighted by Gasteiger charge is -2.53. The van der Waals surface area contributed by atoms with Crippen LogP contribution in [0.4, 0.5) is 9.59 Å². The Bertz CT molecular complexity index is 1120. The number of guanidine groups is 1. The summed E-state index contributed by atoms with van der Waals surface area (Å²) in [5, 5.41) is 31.4. The van der Waals surface area contributed by atoms with Gasteiger partial charge in [0, 0.05) is 32.0 Å². The maximum Gasteiger partial charge on any atom is 0.407 e. The van der Waals surface area contributed by atoms with Gasteiger partial charge in [0.25, 0.3) is 0 Å². The number of carbonyl (C=O) groups excluding carboxylic acids is 3. The Balaban J connectivity index is 2.51. The van der Waals surface area contributed by atoms with E-state index < -0.39 is 77.4 Å². The zero-order valence-electron chi connectivity index (χ0n) is 30.6. The summed E-state index contributed by atoms with van der Waals surface area (Å²) < 4.78 is 30.9. The summed E-state index contributed by atoms with van der Waals surface area (Å²) in [7, 11) is 1.43. The van der Waals surface area contributed by atoms with Crippen LogP contribution in [0.2, 0.25) is 0 Å². The Kier molecular flexibility index (Phi) is 14.9. The van der Waals surface area contributed by atoms with Crippen molar-refractivity contribution in [2.24, 2.45) is 34.4 Å². The number of ether oxygens (including phenoxy) is 5. The number of hydrogen-bond donors (Lipinski definition) is 6. The van der Waals surface area contributed by atoms with Crippen LogP contribution in [0.5, 0.6) is 0 Å². The second-order valence-corrected chi connectivity index (χ2v) is 14.2. The molecule has 0 unspecified atom stereocenters. The number of nitrogens with one attached hydrogen (secondary N) is 3. The first-order valence-electron chi connectivity index (χ1n) is 17.1. The number of cyclic esters (lactones) is 1. The van der Waals surface area contributed by atoms with E-state index >= 15 is 0 Å². The minimum absolute atomic E-state index is 0.0119. The number of aliphatic imine (C=N–C) groups is 1. The highest BCUT2D eigenvalue weighted by Crippen LogP contribution is 2.44. The van der Waals surface area contributed by atoms with Crippen LogP contribution >= 0.6 is 0 Å². The molecule has 2 fully saturated rings. The summed E-state index contributed by atoms with van der Waals surface area (Å²) in [5.74, 6) is -4.17. The molecule has 3 amide bonds. The minimum Gasteiger partial charge on any atom is -0.459 e. The molecule has 0 aromatic rings. The Hall–Kier alpha value is -2.72. The number of carbonyl (C=O) groups is 3. The summed E-state index contributed by atoms with van der Waals surface area (Å²) in [4.78, 5) is 42.4. The van der Waals surface area contributed by atoms with Crippen LogP contribution in [0.1, 0.15) is 88.5 Å². The van der Waals surface area contributed by atoms with E-state index in [4.69, 9.17) is 29.4 Å². The SMILES string of the molecule is CCCO[C@@H]1[C@@H](C)[C@H](OC(=O)NCCN=C(N)NC(=O)NC)[C@@H](C)C(=O)O[C@H](CC)[C@@](C)(O)[C@@H]2OC(C)(C)O[C@H]([C@@H]2C)[C@H](C)C[C@@]1(C)O. The third-order valence-corrected chi connectivity index (χ3v) is 9.33. The van der Waals surface area contributed by atoms with Crippen molar-refractivity contribution in [2.45, 2.75) is 136 Å². The zero-order chi connectivity index (χ0) is 36.6. The van der Waals surface area contributed by atoms with Gasteiger partial charge in [0.05, 0.1) is 36.4 Å². The number of fused-ring (bicyclic) bond motifs is 2. The van der Waals surface area contributed by atoms with Gasteiger partial charge in [0.1, 0.15) is 17.8 Å². The molecule has 0 aromatic heterocycles. The molecule has 2 aliphatic rings. The van der Waals surface area contributed by atoms with E-state index in [2.05, 4.69) is 20.9 Å². The first-order valence-corrected chi connectivity index (χ1v) is 17.1. The van der Waals surface area contributed by atoms with Crippen LogP contribution in [-0.4, -0.2) is 109 Å². The molecule has 0 aromatic carbocycles. The van der Waals surface area contributed by atoms with Crippen LogP contribution in [-0.2, 0) is 28.5 Å². The number of hydrogen-bond acceptors (Lipinski definition) is 11. The number of aliphatic hydroxyl groups is 2. The number of rotatable bonds is 8. The van der Waals surface area contributed by atoms with E-state index in [0.717, 1.165) is 0 Å². The summed E-state index contributed by atoms with van der Waals surface area (Å²) >= 11 is 0.